The van der Waals surface area contributed by atoms with Gasteiger partial charge in [-0.05, 0) is 37.5 Å². The van der Waals surface area contributed by atoms with Gasteiger partial charge in [-0.15, -0.1) is 0 Å². The van der Waals surface area contributed by atoms with Crippen LogP contribution < -0.4 is 0 Å². The molecule has 0 aliphatic carbocycles. The highest BCUT2D eigenvalue weighted by molar-refractivity contribution is 6.46. The molecule has 0 bridgehead atoms. The number of aromatic amines is 1. The van der Waals surface area contributed by atoms with Crippen LogP contribution >= 0.6 is 0 Å². The average molecular weight is 362 g/mol. The number of fused-ring (bicyclic) bond motifs is 1. The number of aryl methyl sites for hydroxylation is 1. The molecule has 0 aliphatic rings. The number of ketones is 1. The Morgan fingerprint density at radius 2 is 1.63 bits per heavy atom. The first-order valence-corrected chi connectivity index (χ1v) is 9.58. The maximum absolute atomic E-state index is 13.3. The van der Waals surface area contributed by atoms with Gasteiger partial charge in [0.2, 0.25) is 0 Å². The Hall–Kier alpha value is -2.88. The van der Waals surface area contributed by atoms with E-state index in [0.717, 1.165) is 34.9 Å². The summed E-state index contributed by atoms with van der Waals surface area (Å²) in [6.45, 7) is 7.22. The molecule has 0 spiro atoms. The van der Waals surface area contributed by atoms with Crippen LogP contribution in [-0.2, 0) is 4.79 Å². The summed E-state index contributed by atoms with van der Waals surface area (Å²) in [6.07, 6.45) is 1.66. The molecule has 2 aromatic carbocycles. The Morgan fingerprint density at radius 1 is 0.963 bits per heavy atom. The lowest BCUT2D eigenvalue weighted by atomic mass is 10.00. The zero-order valence-electron chi connectivity index (χ0n) is 16.2. The van der Waals surface area contributed by atoms with E-state index in [9.17, 15) is 9.59 Å². The van der Waals surface area contributed by atoms with Gasteiger partial charge in [0.1, 0.15) is 0 Å². The van der Waals surface area contributed by atoms with Gasteiger partial charge in [-0.2, -0.15) is 0 Å². The van der Waals surface area contributed by atoms with Gasteiger partial charge in [0, 0.05) is 24.0 Å². The second-order valence-electron chi connectivity index (χ2n) is 6.91. The SMILES string of the molecule is CCCN(CCC)C(=O)C(=O)c1c(-c2ccccc2)[nH]c2ccc(C)cc12. The van der Waals surface area contributed by atoms with Crippen molar-refractivity contribution in [3.05, 3.63) is 59.7 Å². The molecule has 0 fully saturated rings. The molecule has 0 saturated carbocycles. The van der Waals surface area contributed by atoms with Gasteiger partial charge in [0.15, 0.2) is 0 Å². The monoisotopic (exact) mass is 362 g/mol. The summed E-state index contributed by atoms with van der Waals surface area (Å²) in [5, 5.41) is 0.806. The molecule has 27 heavy (non-hydrogen) atoms. The molecule has 140 valence electrons. The van der Waals surface area contributed by atoms with Crippen molar-refractivity contribution in [3.63, 3.8) is 0 Å². The molecule has 4 heteroatoms. The number of carbonyl (C=O) groups is 2. The number of Topliss-reactive ketones (excluding diaryl/α,β-unsaturated/α-hetero) is 1. The Kier molecular flexibility index (Phi) is 5.75. The smallest absolute Gasteiger partial charge is 0.295 e. The number of aromatic nitrogens is 1. The number of H-pyrrole nitrogens is 1. The van der Waals surface area contributed by atoms with Gasteiger partial charge in [-0.25, -0.2) is 0 Å². The Bertz CT molecular complexity index is 951. The van der Waals surface area contributed by atoms with Crippen molar-refractivity contribution >= 4 is 22.6 Å². The summed E-state index contributed by atoms with van der Waals surface area (Å²) < 4.78 is 0. The summed E-state index contributed by atoms with van der Waals surface area (Å²) in [7, 11) is 0. The van der Waals surface area contributed by atoms with Gasteiger partial charge < -0.3 is 9.88 Å². The molecule has 0 atom stereocenters. The summed E-state index contributed by atoms with van der Waals surface area (Å²) in [4.78, 5) is 31.3. The third kappa shape index (κ3) is 3.80. The highest BCUT2D eigenvalue weighted by Crippen LogP contribution is 2.31. The second kappa shape index (κ2) is 8.21. The van der Waals surface area contributed by atoms with Crippen molar-refractivity contribution in [1.29, 1.82) is 0 Å². The molecule has 1 heterocycles. The van der Waals surface area contributed by atoms with Crippen LogP contribution in [0.5, 0.6) is 0 Å². The molecule has 4 nitrogen and oxygen atoms in total. The molecule has 1 amide bonds. The van der Waals surface area contributed by atoms with Gasteiger partial charge >= 0.3 is 0 Å². The Morgan fingerprint density at radius 3 is 2.26 bits per heavy atom. The summed E-state index contributed by atoms with van der Waals surface area (Å²) >= 11 is 0. The number of rotatable bonds is 7. The molecule has 1 aromatic heterocycles. The number of carbonyl (C=O) groups excluding carboxylic acids is 2. The Balaban J connectivity index is 2.15. The molecule has 3 rings (SSSR count). The zero-order chi connectivity index (χ0) is 19.4. The normalized spacial score (nSPS) is 10.9. The van der Waals surface area contributed by atoms with Crippen molar-refractivity contribution in [2.45, 2.75) is 33.6 Å². The van der Waals surface area contributed by atoms with Crippen molar-refractivity contribution in [2.75, 3.05) is 13.1 Å². The number of nitrogens with one attached hydrogen (secondary N) is 1. The van der Waals surface area contributed by atoms with Crippen molar-refractivity contribution in [2.24, 2.45) is 0 Å². The molecule has 0 unspecified atom stereocenters. The van der Waals surface area contributed by atoms with E-state index in [4.69, 9.17) is 0 Å². The van der Waals surface area contributed by atoms with Crippen molar-refractivity contribution < 1.29 is 9.59 Å². The van der Waals surface area contributed by atoms with Crippen LogP contribution in [0.3, 0.4) is 0 Å². The molecule has 3 aromatic rings. The van der Waals surface area contributed by atoms with E-state index in [1.807, 2.05) is 69.3 Å². The zero-order valence-corrected chi connectivity index (χ0v) is 16.2. The minimum absolute atomic E-state index is 0.418. The maximum Gasteiger partial charge on any atom is 0.295 e. The van der Waals surface area contributed by atoms with Crippen LogP contribution in [0.4, 0.5) is 0 Å². The first-order chi connectivity index (χ1) is 13.1. The molecule has 1 N–H and O–H groups in total. The van der Waals surface area contributed by atoms with E-state index in [-0.39, 0.29) is 0 Å². The van der Waals surface area contributed by atoms with Gasteiger partial charge in [-0.3, -0.25) is 9.59 Å². The van der Waals surface area contributed by atoms with E-state index >= 15 is 0 Å². The van der Waals surface area contributed by atoms with E-state index in [0.29, 0.717) is 24.3 Å². The van der Waals surface area contributed by atoms with E-state index in [2.05, 4.69) is 4.98 Å². The standard InChI is InChI=1S/C23H26N2O2/c1-4-13-25(14-5-2)23(27)22(26)20-18-15-16(3)11-12-19(18)24-21(20)17-9-7-6-8-10-17/h6-12,15,24H,4-5,13-14H2,1-3H3. The molecular weight excluding hydrogens is 336 g/mol. The summed E-state index contributed by atoms with van der Waals surface area (Å²) in [5.41, 5.74) is 4.01. The number of nitrogens with zero attached hydrogens (tertiary/aromatic N) is 1. The van der Waals surface area contributed by atoms with Gasteiger partial charge in [0.05, 0.1) is 11.3 Å². The van der Waals surface area contributed by atoms with Crippen molar-refractivity contribution in [3.8, 4) is 11.3 Å². The fourth-order valence-electron chi connectivity index (χ4n) is 3.47. The van der Waals surface area contributed by atoms with Crippen LogP contribution in [0, 0.1) is 6.92 Å². The van der Waals surface area contributed by atoms with Gasteiger partial charge in [0.25, 0.3) is 11.7 Å². The molecule has 0 radical (unpaired) electrons. The minimum atomic E-state index is -0.437. The fourth-order valence-corrected chi connectivity index (χ4v) is 3.47. The Labute approximate surface area is 160 Å². The topological polar surface area (TPSA) is 53.2 Å². The van der Waals surface area contributed by atoms with Crippen LogP contribution in [0.1, 0.15) is 42.6 Å². The first kappa shape index (κ1) is 18.9. The largest absolute Gasteiger partial charge is 0.354 e. The third-order valence-corrected chi connectivity index (χ3v) is 4.71. The number of hydrogen-bond donors (Lipinski definition) is 1. The summed E-state index contributed by atoms with van der Waals surface area (Å²) in [5.74, 6) is -0.856. The van der Waals surface area contributed by atoms with Crippen LogP contribution in [-0.4, -0.2) is 34.7 Å². The van der Waals surface area contributed by atoms with Crippen molar-refractivity contribution in [1.82, 2.24) is 9.88 Å². The van der Waals surface area contributed by atoms with E-state index in [1.165, 1.54) is 0 Å². The summed E-state index contributed by atoms with van der Waals surface area (Å²) in [6, 6.07) is 15.7. The lowest BCUT2D eigenvalue weighted by molar-refractivity contribution is -0.126. The fraction of sp³-hybridized carbons (Fsp3) is 0.304. The highest BCUT2D eigenvalue weighted by atomic mass is 16.2. The number of hydrogen-bond acceptors (Lipinski definition) is 2. The predicted octanol–water partition coefficient (Wildman–Crippen LogP) is 4.97. The third-order valence-electron chi connectivity index (χ3n) is 4.71. The highest BCUT2D eigenvalue weighted by Gasteiger charge is 2.28. The molecule has 0 aliphatic heterocycles. The van der Waals surface area contributed by atoms with Crippen LogP contribution in [0.25, 0.3) is 22.2 Å². The van der Waals surface area contributed by atoms with Crippen LogP contribution in [0.2, 0.25) is 0 Å². The second-order valence-corrected chi connectivity index (χ2v) is 6.91. The number of benzene rings is 2. The minimum Gasteiger partial charge on any atom is -0.354 e. The first-order valence-electron chi connectivity index (χ1n) is 9.58. The van der Waals surface area contributed by atoms with Crippen LogP contribution in [0.15, 0.2) is 48.5 Å². The lowest BCUT2D eigenvalue weighted by Gasteiger charge is -2.20. The number of amides is 1. The maximum atomic E-state index is 13.3. The molecule has 0 saturated heterocycles. The van der Waals surface area contributed by atoms with E-state index < -0.39 is 11.7 Å². The predicted molar refractivity (Wildman–Crippen MR) is 110 cm³/mol. The van der Waals surface area contributed by atoms with E-state index in [1.54, 1.807) is 4.90 Å². The van der Waals surface area contributed by atoms with Gasteiger partial charge in [-0.1, -0.05) is 55.8 Å². The molecular formula is C23H26N2O2. The quantitative estimate of drug-likeness (QED) is 0.476. The lowest BCUT2D eigenvalue weighted by Crippen LogP contribution is -2.37. The average Bonchev–Trinajstić information content (AvgIpc) is 3.06.